The van der Waals surface area contributed by atoms with Gasteiger partial charge in [-0.15, -0.1) is 0 Å². The molecule has 1 aromatic heterocycles. The molecule has 0 N–H and O–H groups in total. The largest absolute Gasteiger partial charge is 0.493 e. The second-order valence-electron chi connectivity index (χ2n) is 7.07. The molecule has 0 unspecified atom stereocenters. The zero-order chi connectivity index (χ0) is 19.0. The van der Waals surface area contributed by atoms with Crippen LogP contribution in [0.3, 0.4) is 0 Å². The second-order valence-corrected chi connectivity index (χ2v) is 7.07. The lowest BCUT2D eigenvalue weighted by Gasteiger charge is -2.29. The van der Waals surface area contributed by atoms with E-state index >= 15 is 0 Å². The summed E-state index contributed by atoms with van der Waals surface area (Å²) in [6.07, 6.45) is 2.95. The molecule has 0 radical (unpaired) electrons. The average molecular weight is 369 g/mol. The molecule has 1 amide bonds. The number of hydrogen-bond acceptors (Lipinski definition) is 5. The smallest absolute Gasteiger partial charge is 0.267 e. The Kier molecular flexibility index (Phi) is 4.59. The van der Waals surface area contributed by atoms with Crippen LogP contribution in [0.2, 0.25) is 0 Å². The molecule has 0 spiro atoms. The predicted molar refractivity (Wildman–Crippen MR) is 99.1 cm³/mol. The van der Waals surface area contributed by atoms with Crippen LogP contribution >= 0.6 is 0 Å². The molecule has 1 aliphatic heterocycles. The van der Waals surface area contributed by atoms with Gasteiger partial charge in [0.2, 0.25) is 5.91 Å². The van der Waals surface area contributed by atoms with E-state index in [1.807, 2.05) is 12.1 Å². The number of nitrogens with zero attached hydrogens (tertiary/aromatic N) is 3. The highest BCUT2D eigenvalue weighted by molar-refractivity contribution is 5.76. The van der Waals surface area contributed by atoms with Gasteiger partial charge in [-0.25, -0.2) is 4.68 Å². The maximum absolute atomic E-state index is 12.8. The number of benzene rings is 1. The van der Waals surface area contributed by atoms with Crippen LogP contribution < -0.4 is 15.0 Å². The lowest BCUT2D eigenvalue weighted by molar-refractivity contribution is -0.133. The van der Waals surface area contributed by atoms with Crippen molar-refractivity contribution >= 4 is 5.91 Å². The van der Waals surface area contributed by atoms with Crippen molar-refractivity contribution in [1.82, 2.24) is 14.7 Å². The summed E-state index contributed by atoms with van der Waals surface area (Å²) in [5.74, 6) is 1.69. The summed E-state index contributed by atoms with van der Waals surface area (Å²) in [6.45, 7) is 1.08. The second kappa shape index (κ2) is 7.06. The first-order chi connectivity index (χ1) is 13.1. The van der Waals surface area contributed by atoms with Crippen molar-refractivity contribution in [2.75, 3.05) is 20.8 Å². The van der Waals surface area contributed by atoms with Gasteiger partial charge >= 0.3 is 0 Å². The average Bonchev–Trinajstić information content (AvgIpc) is 3.53. The van der Waals surface area contributed by atoms with Crippen molar-refractivity contribution in [3.63, 3.8) is 0 Å². The number of carbonyl (C=O) groups is 1. The van der Waals surface area contributed by atoms with Gasteiger partial charge in [0.15, 0.2) is 11.5 Å². The van der Waals surface area contributed by atoms with Gasteiger partial charge < -0.3 is 14.4 Å². The van der Waals surface area contributed by atoms with Crippen LogP contribution in [0.25, 0.3) is 0 Å². The first-order valence-corrected chi connectivity index (χ1v) is 9.18. The van der Waals surface area contributed by atoms with Crippen LogP contribution in [0.1, 0.15) is 35.6 Å². The lowest BCUT2D eigenvalue weighted by Crippen LogP contribution is -2.40. The fourth-order valence-electron chi connectivity index (χ4n) is 3.50. The first kappa shape index (κ1) is 17.6. The molecule has 4 rings (SSSR count). The zero-order valence-electron chi connectivity index (χ0n) is 15.6. The molecule has 0 bridgehead atoms. The molecule has 2 aliphatic rings. The van der Waals surface area contributed by atoms with Gasteiger partial charge in [0, 0.05) is 25.1 Å². The van der Waals surface area contributed by atoms with Crippen molar-refractivity contribution in [2.24, 2.45) is 0 Å². The quantitative estimate of drug-likeness (QED) is 0.802. The Morgan fingerprint density at radius 1 is 1.15 bits per heavy atom. The van der Waals surface area contributed by atoms with Gasteiger partial charge in [-0.1, -0.05) is 0 Å². The van der Waals surface area contributed by atoms with Crippen molar-refractivity contribution < 1.29 is 14.3 Å². The SMILES string of the molecule is COc1cc2c(cc1OC)CN(C(=O)Cn1nc(C3CC3)ccc1=O)CC2. The number of amides is 1. The molecule has 27 heavy (non-hydrogen) atoms. The molecule has 1 aliphatic carbocycles. The third kappa shape index (κ3) is 3.54. The van der Waals surface area contributed by atoms with E-state index in [-0.39, 0.29) is 18.0 Å². The Morgan fingerprint density at radius 3 is 2.52 bits per heavy atom. The standard InChI is InChI=1S/C20H23N3O4/c1-26-17-9-14-7-8-22(11-15(14)10-18(17)27-2)20(25)12-23-19(24)6-5-16(21-23)13-3-4-13/h5-6,9-10,13H,3-4,7-8,11-12H2,1-2H3. The van der Waals surface area contributed by atoms with Crippen LogP contribution in [0, 0.1) is 0 Å². The maximum atomic E-state index is 12.8. The fraction of sp³-hybridized carbons (Fsp3) is 0.450. The van der Waals surface area contributed by atoms with Gasteiger partial charge in [0.05, 0.1) is 19.9 Å². The summed E-state index contributed by atoms with van der Waals surface area (Å²) in [7, 11) is 3.21. The van der Waals surface area contributed by atoms with Gasteiger partial charge in [-0.05, 0) is 48.6 Å². The predicted octanol–water partition coefficient (Wildman–Crippen LogP) is 1.72. The summed E-state index contributed by atoms with van der Waals surface area (Å²) >= 11 is 0. The molecule has 142 valence electrons. The van der Waals surface area contributed by atoms with Crippen LogP contribution in [0.5, 0.6) is 11.5 Å². The Morgan fingerprint density at radius 2 is 1.85 bits per heavy atom. The number of hydrogen-bond donors (Lipinski definition) is 0. The Balaban J connectivity index is 1.51. The van der Waals surface area contributed by atoms with Gasteiger partial charge in [-0.3, -0.25) is 9.59 Å². The van der Waals surface area contributed by atoms with E-state index in [9.17, 15) is 9.59 Å². The van der Waals surface area contributed by atoms with Crippen molar-refractivity contribution in [2.45, 2.75) is 38.3 Å². The van der Waals surface area contributed by atoms with Crippen LogP contribution in [-0.2, 0) is 24.3 Å². The molecule has 7 nitrogen and oxygen atoms in total. The van der Waals surface area contributed by atoms with Gasteiger partial charge in [0.25, 0.3) is 5.56 Å². The molecular weight excluding hydrogens is 346 g/mol. The van der Waals surface area contributed by atoms with Crippen LogP contribution in [0.4, 0.5) is 0 Å². The third-order valence-corrected chi connectivity index (χ3v) is 5.24. The highest BCUT2D eigenvalue weighted by Gasteiger charge is 2.27. The van der Waals surface area contributed by atoms with E-state index in [0.29, 0.717) is 30.5 Å². The molecule has 2 heterocycles. The van der Waals surface area contributed by atoms with Gasteiger partial charge in [-0.2, -0.15) is 5.10 Å². The Hall–Kier alpha value is -2.83. The van der Waals surface area contributed by atoms with E-state index in [1.165, 1.54) is 10.7 Å². The minimum atomic E-state index is -0.239. The van der Waals surface area contributed by atoms with E-state index in [2.05, 4.69) is 5.10 Å². The van der Waals surface area contributed by atoms with Crippen LogP contribution in [0.15, 0.2) is 29.1 Å². The third-order valence-electron chi connectivity index (χ3n) is 5.24. The van der Waals surface area contributed by atoms with Crippen molar-refractivity contribution in [1.29, 1.82) is 0 Å². The highest BCUT2D eigenvalue weighted by atomic mass is 16.5. The first-order valence-electron chi connectivity index (χ1n) is 9.18. The molecule has 1 saturated carbocycles. The highest BCUT2D eigenvalue weighted by Crippen LogP contribution is 2.38. The minimum Gasteiger partial charge on any atom is -0.493 e. The Bertz CT molecular complexity index is 933. The fourth-order valence-corrected chi connectivity index (χ4v) is 3.50. The zero-order valence-corrected chi connectivity index (χ0v) is 15.6. The van der Waals surface area contributed by atoms with E-state index < -0.39 is 0 Å². The monoisotopic (exact) mass is 369 g/mol. The number of aromatic nitrogens is 2. The van der Waals surface area contributed by atoms with E-state index in [4.69, 9.17) is 9.47 Å². The van der Waals surface area contributed by atoms with Gasteiger partial charge in [0.1, 0.15) is 6.54 Å². The summed E-state index contributed by atoms with van der Waals surface area (Å²) in [5.41, 5.74) is 2.86. The molecule has 1 aromatic carbocycles. The van der Waals surface area contributed by atoms with Crippen molar-refractivity contribution in [3.8, 4) is 11.5 Å². The van der Waals surface area contributed by atoms with Crippen molar-refractivity contribution in [3.05, 3.63) is 51.4 Å². The summed E-state index contributed by atoms with van der Waals surface area (Å²) in [4.78, 5) is 26.6. The topological polar surface area (TPSA) is 73.7 Å². The maximum Gasteiger partial charge on any atom is 0.267 e. The van der Waals surface area contributed by atoms with Crippen LogP contribution in [-0.4, -0.2) is 41.4 Å². The molecular formula is C20H23N3O4. The Labute approximate surface area is 157 Å². The number of methoxy groups -OCH3 is 2. The number of rotatable bonds is 5. The minimum absolute atomic E-state index is 0.0258. The number of carbonyl (C=O) groups excluding carboxylic acids is 1. The lowest BCUT2D eigenvalue weighted by atomic mass is 9.98. The summed E-state index contributed by atoms with van der Waals surface area (Å²) in [5, 5.41) is 4.38. The molecule has 0 atom stereocenters. The normalized spacial score (nSPS) is 16.0. The summed E-state index contributed by atoms with van der Waals surface area (Å²) in [6, 6.07) is 7.18. The molecule has 7 heteroatoms. The van der Waals surface area contributed by atoms with E-state index in [0.717, 1.165) is 36.1 Å². The summed E-state index contributed by atoms with van der Waals surface area (Å²) < 4.78 is 12.0. The van der Waals surface area contributed by atoms with E-state index in [1.54, 1.807) is 25.2 Å². The molecule has 0 saturated heterocycles. The molecule has 2 aromatic rings. The number of fused-ring (bicyclic) bond motifs is 1. The number of ether oxygens (including phenoxy) is 2. The molecule has 1 fully saturated rings.